The van der Waals surface area contributed by atoms with Gasteiger partial charge in [0.15, 0.2) is 5.78 Å². The van der Waals surface area contributed by atoms with Crippen LogP contribution in [0.15, 0.2) is 72.8 Å². The molecule has 55 heavy (non-hydrogen) atoms. The van der Waals surface area contributed by atoms with Crippen LogP contribution in [0.25, 0.3) is 0 Å². The van der Waals surface area contributed by atoms with Crippen molar-refractivity contribution in [2.24, 2.45) is 0 Å². The van der Waals surface area contributed by atoms with E-state index in [4.69, 9.17) is 0 Å². The molecular weight excluding hydrogens is 705 g/mol. The van der Waals surface area contributed by atoms with Gasteiger partial charge in [0.1, 0.15) is 12.4 Å². The van der Waals surface area contributed by atoms with Crippen LogP contribution < -0.4 is 16.0 Å². The normalized spacial score (nSPS) is 16.5. The molecule has 1 aliphatic heterocycles. The van der Waals surface area contributed by atoms with Crippen LogP contribution >= 0.6 is 0 Å². The zero-order chi connectivity index (χ0) is 39.5. The van der Waals surface area contributed by atoms with E-state index in [0.29, 0.717) is 55.5 Å². The summed E-state index contributed by atoms with van der Waals surface area (Å²) in [5.41, 5.74) is 2.40. The van der Waals surface area contributed by atoms with E-state index in [9.17, 15) is 38.0 Å². The number of amides is 6. The van der Waals surface area contributed by atoms with Crippen molar-refractivity contribution in [2.75, 3.05) is 25.0 Å². The molecule has 1 spiro atoms. The van der Waals surface area contributed by atoms with E-state index in [-0.39, 0.29) is 55.9 Å². The number of rotatable bonds is 18. The summed E-state index contributed by atoms with van der Waals surface area (Å²) in [4.78, 5) is 92.5. The number of Topliss-reactive ketones (excluding diaryl/α,β-unsaturated/α-hetero) is 1. The fourth-order valence-corrected chi connectivity index (χ4v) is 7.26. The molecule has 1 heterocycles. The van der Waals surface area contributed by atoms with Gasteiger partial charge in [-0.3, -0.25) is 38.5 Å². The summed E-state index contributed by atoms with van der Waals surface area (Å²) < 4.78 is 13.7. The smallest absolute Gasteiger partial charge is 0.243 e. The van der Waals surface area contributed by atoms with E-state index in [1.807, 2.05) is 24.3 Å². The second-order valence-electron chi connectivity index (χ2n) is 14.3. The quantitative estimate of drug-likeness (QED) is 0.0972. The van der Waals surface area contributed by atoms with Gasteiger partial charge in [-0.2, -0.15) is 0 Å². The summed E-state index contributed by atoms with van der Waals surface area (Å²) in [7, 11) is 0. The third kappa shape index (κ3) is 10.5. The molecule has 6 amide bonds. The standard InChI is InChI=1S/C42H48FN5O7/c1-28(25-45-38(52)19-18-37(51)44-22-8-4-7-11-36(50)31-9-5-3-6-10-31)47(26-30-12-14-33(43)15-13-30)40(54)27-48-39(53)24-42(41(48)55)21-20-32-23-34(46-29(2)49)16-17-35(32)42/h3,5-6,9-10,12-17,23,28H,4,7-8,11,18-22,24-27H2,1-2H3,(H,44,51)(H,45,52)(H,46,49)/t28-,42+/m0/s1. The number of benzene rings is 3. The van der Waals surface area contributed by atoms with Gasteiger partial charge in [-0.05, 0) is 73.6 Å². The number of fused-ring (bicyclic) bond motifs is 2. The Morgan fingerprint density at radius 3 is 2.29 bits per heavy atom. The van der Waals surface area contributed by atoms with Crippen LogP contribution in [-0.4, -0.2) is 76.7 Å². The van der Waals surface area contributed by atoms with Gasteiger partial charge in [0, 0.05) is 69.5 Å². The molecule has 1 saturated heterocycles. The lowest BCUT2D eigenvalue weighted by molar-refractivity contribution is -0.147. The molecule has 0 saturated carbocycles. The molecule has 3 N–H and O–H groups in total. The molecule has 0 bridgehead atoms. The van der Waals surface area contributed by atoms with Gasteiger partial charge in [0.25, 0.3) is 0 Å². The molecule has 2 atom stereocenters. The van der Waals surface area contributed by atoms with Gasteiger partial charge < -0.3 is 20.9 Å². The van der Waals surface area contributed by atoms with Gasteiger partial charge in [-0.15, -0.1) is 0 Å². The highest BCUT2D eigenvalue weighted by atomic mass is 19.1. The number of halogens is 1. The maximum absolute atomic E-state index is 13.9. The molecule has 3 aromatic carbocycles. The molecule has 0 unspecified atom stereocenters. The minimum atomic E-state index is -1.09. The van der Waals surface area contributed by atoms with E-state index < -0.39 is 41.5 Å². The van der Waals surface area contributed by atoms with Crippen LogP contribution in [-0.2, 0) is 47.1 Å². The van der Waals surface area contributed by atoms with E-state index >= 15 is 0 Å². The van der Waals surface area contributed by atoms with E-state index in [1.54, 1.807) is 31.2 Å². The second-order valence-corrected chi connectivity index (χ2v) is 14.3. The van der Waals surface area contributed by atoms with E-state index in [1.165, 1.54) is 36.1 Å². The highest BCUT2D eigenvalue weighted by Crippen LogP contribution is 2.47. The molecule has 5 rings (SSSR count). The summed E-state index contributed by atoms with van der Waals surface area (Å²) >= 11 is 0. The average Bonchev–Trinajstić information content (AvgIpc) is 3.64. The predicted molar refractivity (Wildman–Crippen MR) is 203 cm³/mol. The lowest BCUT2D eigenvalue weighted by Gasteiger charge is -2.31. The van der Waals surface area contributed by atoms with Crippen molar-refractivity contribution >= 4 is 46.9 Å². The van der Waals surface area contributed by atoms with Crippen molar-refractivity contribution < 1.29 is 38.0 Å². The number of ketones is 1. The number of imide groups is 1. The van der Waals surface area contributed by atoms with Crippen LogP contribution in [0.2, 0.25) is 0 Å². The summed E-state index contributed by atoms with van der Waals surface area (Å²) in [6.07, 6.45) is 3.42. The Kier molecular flexibility index (Phi) is 13.6. The molecule has 0 radical (unpaired) electrons. The van der Waals surface area contributed by atoms with Gasteiger partial charge in [-0.25, -0.2) is 4.39 Å². The first-order valence-corrected chi connectivity index (χ1v) is 18.8. The fourth-order valence-electron chi connectivity index (χ4n) is 7.26. The van der Waals surface area contributed by atoms with Crippen LogP contribution in [0.1, 0.15) is 92.3 Å². The average molecular weight is 754 g/mol. The number of hydrogen-bond donors (Lipinski definition) is 3. The third-order valence-corrected chi connectivity index (χ3v) is 10.3. The second kappa shape index (κ2) is 18.5. The zero-order valence-corrected chi connectivity index (χ0v) is 31.3. The van der Waals surface area contributed by atoms with Crippen molar-refractivity contribution in [1.82, 2.24) is 20.4 Å². The number of carbonyl (C=O) groups excluding carboxylic acids is 7. The van der Waals surface area contributed by atoms with Gasteiger partial charge >= 0.3 is 0 Å². The number of likely N-dealkylation sites (tertiary alicyclic amines) is 1. The number of hydrogen-bond acceptors (Lipinski definition) is 7. The lowest BCUT2D eigenvalue weighted by atomic mass is 9.80. The summed E-state index contributed by atoms with van der Waals surface area (Å²) in [5, 5.41) is 8.32. The molecule has 1 aliphatic carbocycles. The number of unbranched alkanes of at least 4 members (excludes halogenated alkanes) is 2. The molecule has 0 aromatic heterocycles. The number of aryl methyl sites for hydroxylation is 1. The van der Waals surface area contributed by atoms with Crippen LogP contribution in [0.4, 0.5) is 10.1 Å². The Hall–Kier alpha value is -5.72. The van der Waals surface area contributed by atoms with Crippen molar-refractivity contribution in [3.63, 3.8) is 0 Å². The minimum absolute atomic E-state index is 0.0243. The van der Waals surface area contributed by atoms with Crippen LogP contribution in [0, 0.1) is 5.82 Å². The highest BCUT2D eigenvalue weighted by Gasteiger charge is 2.55. The Bertz CT molecular complexity index is 1920. The third-order valence-electron chi connectivity index (χ3n) is 10.3. The fraction of sp³-hybridized carbons (Fsp3) is 0.405. The molecule has 13 heteroatoms. The summed E-state index contributed by atoms with van der Waals surface area (Å²) in [6, 6.07) is 19.4. The summed E-state index contributed by atoms with van der Waals surface area (Å²) in [5.74, 6) is -2.66. The van der Waals surface area contributed by atoms with Crippen LogP contribution in [0.3, 0.4) is 0 Å². The molecule has 3 aromatic rings. The number of nitrogens with one attached hydrogen (secondary N) is 3. The van der Waals surface area contributed by atoms with Gasteiger partial charge in [-0.1, -0.05) is 55.0 Å². The van der Waals surface area contributed by atoms with E-state index in [0.717, 1.165) is 22.4 Å². The summed E-state index contributed by atoms with van der Waals surface area (Å²) in [6.45, 7) is 3.13. The maximum Gasteiger partial charge on any atom is 0.243 e. The van der Waals surface area contributed by atoms with Crippen LogP contribution in [0.5, 0.6) is 0 Å². The van der Waals surface area contributed by atoms with Crippen molar-refractivity contribution in [1.29, 1.82) is 0 Å². The van der Waals surface area contributed by atoms with Gasteiger partial charge in [0.05, 0.1) is 5.41 Å². The Balaban J connectivity index is 1.11. The lowest BCUT2D eigenvalue weighted by Crippen LogP contribution is -2.50. The predicted octanol–water partition coefficient (Wildman–Crippen LogP) is 4.60. The SMILES string of the molecule is CC(=O)Nc1ccc2c(c1)CC[C@@]21CC(=O)N(CC(=O)N(Cc2ccc(F)cc2)[C@@H](C)CNC(=O)CCC(=O)NCCCCCC(=O)c2ccccc2)C1=O. The first-order valence-electron chi connectivity index (χ1n) is 18.8. The molecular formula is C42H48FN5O7. The number of anilines is 1. The monoisotopic (exact) mass is 753 g/mol. The molecule has 290 valence electrons. The minimum Gasteiger partial charge on any atom is -0.356 e. The Morgan fingerprint density at radius 2 is 1.58 bits per heavy atom. The first kappa shape index (κ1) is 40.5. The van der Waals surface area contributed by atoms with E-state index in [2.05, 4.69) is 16.0 Å². The molecule has 1 fully saturated rings. The molecule has 12 nitrogen and oxygen atoms in total. The Labute approximate surface area is 320 Å². The molecule has 2 aliphatic rings. The highest BCUT2D eigenvalue weighted by molar-refractivity contribution is 6.11. The Morgan fingerprint density at radius 1 is 0.873 bits per heavy atom. The maximum atomic E-state index is 13.9. The first-order chi connectivity index (χ1) is 26.4. The topological polar surface area (TPSA) is 162 Å². The zero-order valence-electron chi connectivity index (χ0n) is 31.3. The van der Waals surface area contributed by atoms with Crippen molar-refractivity contribution in [3.05, 3.63) is 101 Å². The number of carbonyl (C=O) groups is 7. The van der Waals surface area contributed by atoms with Crippen molar-refractivity contribution in [2.45, 2.75) is 89.6 Å². The number of nitrogens with zero attached hydrogens (tertiary/aromatic N) is 2. The largest absolute Gasteiger partial charge is 0.356 e. The van der Waals surface area contributed by atoms with Gasteiger partial charge in [0.2, 0.25) is 35.4 Å². The van der Waals surface area contributed by atoms with Crippen molar-refractivity contribution in [3.8, 4) is 0 Å².